The molecule has 3 heterocycles. The Balaban J connectivity index is 1.23. The summed E-state index contributed by atoms with van der Waals surface area (Å²) in [6.45, 7) is 0.318. The highest BCUT2D eigenvalue weighted by Crippen LogP contribution is 2.20. The van der Waals surface area contributed by atoms with Gasteiger partial charge in [-0.2, -0.15) is 4.98 Å². The lowest BCUT2D eigenvalue weighted by Crippen LogP contribution is -2.23. The number of carbonyl (C=O) groups excluding carboxylic acids is 1. The van der Waals surface area contributed by atoms with E-state index in [2.05, 4.69) is 25.4 Å². The fourth-order valence-corrected chi connectivity index (χ4v) is 2.71. The van der Waals surface area contributed by atoms with Gasteiger partial charge in [0.1, 0.15) is 11.6 Å². The molecule has 0 unspecified atom stereocenters. The highest BCUT2D eigenvalue weighted by atomic mass is 19.1. The van der Waals surface area contributed by atoms with E-state index in [0.29, 0.717) is 36.3 Å². The van der Waals surface area contributed by atoms with Gasteiger partial charge >= 0.3 is 0 Å². The summed E-state index contributed by atoms with van der Waals surface area (Å²) in [4.78, 5) is 24.5. The van der Waals surface area contributed by atoms with E-state index in [1.807, 2.05) is 0 Å². The van der Waals surface area contributed by atoms with Crippen molar-refractivity contribution in [3.8, 4) is 23.0 Å². The number of pyridine rings is 2. The molecule has 1 amide bonds. The summed E-state index contributed by atoms with van der Waals surface area (Å²) in [6.07, 6.45) is 5.43. The summed E-state index contributed by atoms with van der Waals surface area (Å²) in [6, 6.07) is 12.8. The number of ether oxygens (including phenoxy) is 1. The van der Waals surface area contributed by atoms with Gasteiger partial charge in [-0.1, -0.05) is 17.3 Å². The molecular formula is C22H18FN5O3. The van der Waals surface area contributed by atoms with Crippen LogP contribution >= 0.6 is 0 Å². The smallest absolute Gasteiger partial charge is 0.227 e. The third-order valence-electron chi connectivity index (χ3n) is 4.28. The zero-order valence-electron chi connectivity index (χ0n) is 16.4. The SMILES string of the molecule is O=C(CCc1nc(-c2ccncc2)no1)NCc1ccc(Oc2cccc(F)c2)nc1. The van der Waals surface area contributed by atoms with Gasteiger partial charge in [0.25, 0.3) is 0 Å². The largest absolute Gasteiger partial charge is 0.439 e. The number of amides is 1. The van der Waals surface area contributed by atoms with Crippen LogP contribution in [0.3, 0.4) is 0 Å². The predicted molar refractivity (Wildman–Crippen MR) is 108 cm³/mol. The summed E-state index contributed by atoms with van der Waals surface area (Å²) in [5.74, 6) is 1.02. The number of aryl methyl sites for hydroxylation is 1. The van der Waals surface area contributed by atoms with Gasteiger partial charge in [0.15, 0.2) is 0 Å². The Morgan fingerprint density at radius 1 is 1.13 bits per heavy atom. The predicted octanol–water partition coefficient (Wildman–Crippen LogP) is 3.71. The summed E-state index contributed by atoms with van der Waals surface area (Å²) < 4.78 is 23.9. The molecule has 0 bridgehead atoms. The zero-order chi connectivity index (χ0) is 21.5. The van der Waals surface area contributed by atoms with E-state index in [-0.39, 0.29) is 18.1 Å². The first-order valence-corrected chi connectivity index (χ1v) is 9.54. The van der Waals surface area contributed by atoms with Crippen molar-refractivity contribution in [1.29, 1.82) is 0 Å². The normalized spacial score (nSPS) is 10.6. The van der Waals surface area contributed by atoms with E-state index < -0.39 is 0 Å². The Kier molecular flexibility index (Phi) is 6.22. The van der Waals surface area contributed by atoms with Crippen LogP contribution in [0.1, 0.15) is 17.9 Å². The average molecular weight is 419 g/mol. The van der Waals surface area contributed by atoms with Crippen LogP contribution in [-0.2, 0) is 17.8 Å². The van der Waals surface area contributed by atoms with E-state index in [1.165, 1.54) is 12.1 Å². The lowest BCUT2D eigenvalue weighted by atomic mass is 10.2. The molecule has 0 fully saturated rings. The number of hydrogen-bond donors (Lipinski definition) is 1. The number of nitrogens with one attached hydrogen (secondary N) is 1. The van der Waals surface area contributed by atoms with Gasteiger partial charge in [0.05, 0.1) is 0 Å². The summed E-state index contributed by atoms with van der Waals surface area (Å²) >= 11 is 0. The van der Waals surface area contributed by atoms with Gasteiger partial charge < -0.3 is 14.6 Å². The summed E-state index contributed by atoms with van der Waals surface area (Å²) in [7, 11) is 0. The lowest BCUT2D eigenvalue weighted by Gasteiger charge is -2.07. The van der Waals surface area contributed by atoms with E-state index in [9.17, 15) is 9.18 Å². The molecular weight excluding hydrogens is 401 g/mol. The Hall–Kier alpha value is -4.14. The molecule has 0 aliphatic heterocycles. The molecule has 4 rings (SSSR count). The molecule has 0 radical (unpaired) electrons. The van der Waals surface area contributed by atoms with E-state index >= 15 is 0 Å². The molecule has 0 aliphatic rings. The third-order valence-corrected chi connectivity index (χ3v) is 4.28. The maximum absolute atomic E-state index is 13.2. The average Bonchev–Trinajstić information content (AvgIpc) is 3.27. The number of halogens is 1. The maximum Gasteiger partial charge on any atom is 0.227 e. The number of carbonyl (C=O) groups is 1. The number of hydrogen-bond acceptors (Lipinski definition) is 7. The van der Waals surface area contributed by atoms with Crippen molar-refractivity contribution in [2.45, 2.75) is 19.4 Å². The zero-order valence-corrected chi connectivity index (χ0v) is 16.4. The first-order valence-electron chi connectivity index (χ1n) is 9.54. The van der Waals surface area contributed by atoms with Crippen LogP contribution in [0, 0.1) is 5.82 Å². The standard InChI is InChI=1S/C22H18FN5O3/c23-17-2-1-3-18(12-17)30-20-6-4-15(14-26-20)13-25-19(29)5-7-21-27-22(28-31-21)16-8-10-24-11-9-16/h1-4,6,8-12,14H,5,7,13H2,(H,25,29). The molecule has 1 N–H and O–H groups in total. The molecule has 0 atom stereocenters. The van der Waals surface area contributed by atoms with Crippen molar-refractivity contribution < 1.29 is 18.4 Å². The topological polar surface area (TPSA) is 103 Å². The highest BCUT2D eigenvalue weighted by molar-refractivity contribution is 5.76. The molecule has 9 heteroatoms. The van der Waals surface area contributed by atoms with E-state index in [1.54, 1.807) is 55.0 Å². The second-order valence-corrected chi connectivity index (χ2v) is 6.59. The number of aromatic nitrogens is 4. The van der Waals surface area contributed by atoms with Gasteiger partial charge in [-0.05, 0) is 29.8 Å². The quantitative estimate of drug-likeness (QED) is 0.464. The minimum Gasteiger partial charge on any atom is -0.439 e. The van der Waals surface area contributed by atoms with E-state index in [0.717, 1.165) is 11.1 Å². The van der Waals surface area contributed by atoms with E-state index in [4.69, 9.17) is 9.26 Å². The molecule has 31 heavy (non-hydrogen) atoms. The molecule has 8 nitrogen and oxygen atoms in total. The van der Waals surface area contributed by atoms with Crippen molar-refractivity contribution in [3.63, 3.8) is 0 Å². The molecule has 4 aromatic rings. The monoisotopic (exact) mass is 419 g/mol. The minimum absolute atomic E-state index is 0.149. The molecule has 0 aliphatic carbocycles. The Morgan fingerprint density at radius 3 is 2.77 bits per heavy atom. The van der Waals surface area contributed by atoms with Gasteiger partial charge in [-0.25, -0.2) is 9.37 Å². The summed E-state index contributed by atoms with van der Waals surface area (Å²) in [5, 5.41) is 6.73. The Labute approximate surface area is 177 Å². The molecule has 0 saturated heterocycles. The fourth-order valence-electron chi connectivity index (χ4n) is 2.71. The molecule has 3 aromatic heterocycles. The third kappa shape index (κ3) is 5.69. The van der Waals surface area contributed by atoms with Crippen LogP contribution in [0.15, 0.2) is 71.6 Å². The number of nitrogens with zero attached hydrogens (tertiary/aromatic N) is 4. The Morgan fingerprint density at radius 2 is 2.00 bits per heavy atom. The van der Waals surface area contributed by atoms with Gasteiger partial charge in [-0.15, -0.1) is 0 Å². The van der Waals surface area contributed by atoms with Crippen LogP contribution in [0.5, 0.6) is 11.6 Å². The van der Waals surface area contributed by atoms with Crippen LogP contribution in [-0.4, -0.2) is 26.0 Å². The minimum atomic E-state index is -0.383. The highest BCUT2D eigenvalue weighted by Gasteiger charge is 2.11. The second-order valence-electron chi connectivity index (χ2n) is 6.59. The van der Waals surface area contributed by atoms with Crippen molar-refractivity contribution in [1.82, 2.24) is 25.4 Å². The first-order chi connectivity index (χ1) is 15.2. The van der Waals surface area contributed by atoms with Gasteiger partial charge in [0, 0.05) is 55.7 Å². The number of rotatable bonds is 8. The number of benzene rings is 1. The van der Waals surface area contributed by atoms with Crippen molar-refractivity contribution in [3.05, 3.63) is 84.4 Å². The fraction of sp³-hybridized carbons (Fsp3) is 0.136. The van der Waals surface area contributed by atoms with Crippen LogP contribution in [0.4, 0.5) is 4.39 Å². The van der Waals surface area contributed by atoms with Crippen LogP contribution < -0.4 is 10.1 Å². The first kappa shape index (κ1) is 20.1. The molecule has 0 spiro atoms. The molecule has 156 valence electrons. The van der Waals surface area contributed by atoms with Gasteiger partial charge in [0.2, 0.25) is 23.5 Å². The van der Waals surface area contributed by atoms with Crippen LogP contribution in [0.2, 0.25) is 0 Å². The van der Waals surface area contributed by atoms with Crippen molar-refractivity contribution in [2.24, 2.45) is 0 Å². The maximum atomic E-state index is 13.2. The van der Waals surface area contributed by atoms with Crippen molar-refractivity contribution in [2.75, 3.05) is 0 Å². The summed E-state index contributed by atoms with van der Waals surface area (Å²) in [5.41, 5.74) is 1.60. The van der Waals surface area contributed by atoms with Crippen LogP contribution in [0.25, 0.3) is 11.4 Å². The lowest BCUT2D eigenvalue weighted by molar-refractivity contribution is -0.121. The second kappa shape index (κ2) is 9.57. The Bertz CT molecular complexity index is 1150. The molecule has 0 saturated carbocycles. The van der Waals surface area contributed by atoms with Gasteiger partial charge in [-0.3, -0.25) is 9.78 Å². The molecule has 1 aromatic carbocycles. The van der Waals surface area contributed by atoms with Crippen molar-refractivity contribution >= 4 is 5.91 Å².